The summed E-state index contributed by atoms with van der Waals surface area (Å²) in [7, 11) is -3.62. The molecular formula is C18H23N5O3S. The molecule has 1 aliphatic rings. The van der Waals surface area contributed by atoms with Crippen molar-refractivity contribution in [2.24, 2.45) is 0 Å². The van der Waals surface area contributed by atoms with E-state index in [1.165, 1.54) is 22.8 Å². The Labute approximate surface area is 158 Å². The van der Waals surface area contributed by atoms with Crippen molar-refractivity contribution in [3.63, 3.8) is 0 Å². The number of aromatic nitrogens is 2. The summed E-state index contributed by atoms with van der Waals surface area (Å²) in [6, 6.07) is 4.82. The van der Waals surface area contributed by atoms with Crippen molar-refractivity contribution in [2.45, 2.75) is 37.5 Å². The van der Waals surface area contributed by atoms with Gasteiger partial charge in [0.25, 0.3) is 5.91 Å². The van der Waals surface area contributed by atoms with Gasteiger partial charge in [-0.15, -0.1) is 0 Å². The molecule has 2 heterocycles. The average molecular weight is 389 g/mol. The van der Waals surface area contributed by atoms with Gasteiger partial charge >= 0.3 is 0 Å². The van der Waals surface area contributed by atoms with Crippen LogP contribution in [0.1, 0.15) is 41.7 Å². The predicted molar refractivity (Wildman–Crippen MR) is 103 cm³/mol. The molecule has 1 aromatic carbocycles. The van der Waals surface area contributed by atoms with Crippen molar-refractivity contribution in [3.8, 4) is 0 Å². The van der Waals surface area contributed by atoms with Gasteiger partial charge in [-0.25, -0.2) is 18.4 Å². The first-order valence-electron chi connectivity index (χ1n) is 8.88. The van der Waals surface area contributed by atoms with Gasteiger partial charge in [0, 0.05) is 31.2 Å². The highest BCUT2D eigenvalue weighted by molar-refractivity contribution is 7.89. The molecule has 0 bridgehead atoms. The van der Waals surface area contributed by atoms with E-state index in [1.54, 1.807) is 19.1 Å². The zero-order chi connectivity index (χ0) is 19.4. The number of nitrogens with one attached hydrogen (secondary N) is 1. The summed E-state index contributed by atoms with van der Waals surface area (Å²) in [4.78, 5) is 20.3. The highest BCUT2D eigenvalue weighted by Gasteiger charge is 2.27. The summed E-state index contributed by atoms with van der Waals surface area (Å²) in [5.41, 5.74) is 6.67. The maximum Gasteiger partial charge on any atom is 0.278 e. The fourth-order valence-corrected chi connectivity index (χ4v) is 4.86. The molecule has 1 fully saturated rings. The lowest BCUT2D eigenvalue weighted by molar-refractivity contribution is 0.102. The minimum atomic E-state index is -3.62. The van der Waals surface area contributed by atoms with E-state index in [-0.39, 0.29) is 16.4 Å². The molecule has 0 spiro atoms. The molecule has 0 aliphatic carbocycles. The van der Waals surface area contributed by atoms with Crippen LogP contribution in [0, 0.1) is 6.92 Å². The van der Waals surface area contributed by atoms with Crippen LogP contribution in [0.2, 0.25) is 0 Å². The summed E-state index contributed by atoms with van der Waals surface area (Å²) in [5, 5.41) is 2.65. The van der Waals surface area contributed by atoms with E-state index in [1.807, 2.05) is 0 Å². The van der Waals surface area contributed by atoms with Crippen LogP contribution in [0.15, 0.2) is 35.5 Å². The monoisotopic (exact) mass is 389 g/mol. The summed E-state index contributed by atoms with van der Waals surface area (Å²) < 4.78 is 27.7. The zero-order valence-electron chi connectivity index (χ0n) is 15.2. The lowest BCUT2D eigenvalue weighted by Gasteiger charge is -2.21. The molecule has 144 valence electrons. The molecule has 2 aromatic rings. The standard InChI is InChI=1S/C18H23N5O3S/c1-13-6-7-14(22-18(24)16-17(19)21-9-8-20-16)12-15(13)27(25,26)23-10-4-2-3-5-11-23/h6-9,12H,2-5,10-11H2,1H3,(H2,19,21)(H,22,24). The number of nitrogens with zero attached hydrogens (tertiary/aromatic N) is 3. The maximum absolute atomic E-state index is 13.1. The van der Waals surface area contributed by atoms with E-state index in [0.29, 0.717) is 24.3 Å². The Bertz CT molecular complexity index is 938. The van der Waals surface area contributed by atoms with Crippen molar-refractivity contribution in [1.29, 1.82) is 0 Å². The molecule has 3 rings (SSSR count). The summed E-state index contributed by atoms with van der Waals surface area (Å²) in [6.45, 7) is 2.79. The molecule has 3 N–H and O–H groups in total. The minimum Gasteiger partial charge on any atom is -0.382 e. The second-order valence-electron chi connectivity index (χ2n) is 6.54. The fraction of sp³-hybridized carbons (Fsp3) is 0.389. The molecule has 0 saturated carbocycles. The lowest BCUT2D eigenvalue weighted by atomic mass is 10.2. The third-order valence-electron chi connectivity index (χ3n) is 4.57. The van der Waals surface area contributed by atoms with E-state index >= 15 is 0 Å². The predicted octanol–water partition coefficient (Wildman–Crippen LogP) is 2.18. The van der Waals surface area contributed by atoms with Crippen LogP contribution < -0.4 is 11.1 Å². The van der Waals surface area contributed by atoms with E-state index < -0.39 is 15.9 Å². The van der Waals surface area contributed by atoms with Crippen LogP contribution in [0.5, 0.6) is 0 Å². The largest absolute Gasteiger partial charge is 0.382 e. The molecule has 0 radical (unpaired) electrons. The van der Waals surface area contributed by atoms with Crippen molar-refractivity contribution >= 4 is 27.4 Å². The third-order valence-corrected chi connectivity index (χ3v) is 6.61. The minimum absolute atomic E-state index is 0.00463. The Morgan fingerprint density at radius 3 is 2.44 bits per heavy atom. The maximum atomic E-state index is 13.1. The molecule has 1 aliphatic heterocycles. The second-order valence-corrected chi connectivity index (χ2v) is 8.45. The van der Waals surface area contributed by atoms with Gasteiger partial charge in [0.2, 0.25) is 10.0 Å². The molecular weight excluding hydrogens is 366 g/mol. The number of hydrogen-bond donors (Lipinski definition) is 2. The van der Waals surface area contributed by atoms with Crippen LogP contribution in [-0.4, -0.2) is 41.7 Å². The van der Waals surface area contributed by atoms with Crippen LogP contribution >= 0.6 is 0 Å². The van der Waals surface area contributed by atoms with Gasteiger partial charge in [-0.2, -0.15) is 4.31 Å². The SMILES string of the molecule is Cc1ccc(NC(=O)c2nccnc2N)cc1S(=O)(=O)N1CCCCCC1. The van der Waals surface area contributed by atoms with Crippen molar-refractivity contribution in [3.05, 3.63) is 41.9 Å². The number of aryl methyl sites for hydroxylation is 1. The van der Waals surface area contributed by atoms with Crippen LogP contribution in [0.4, 0.5) is 11.5 Å². The molecule has 9 heteroatoms. The Balaban J connectivity index is 1.88. The van der Waals surface area contributed by atoms with E-state index in [4.69, 9.17) is 5.73 Å². The van der Waals surface area contributed by atoms with E-state index in [9.17, 15) is 13.2 Å². The van der Waals surface area contributed by atoms with Gasteiger partial charge in [0.1, 0.15) is 0 Å². The molecule has 27 heavy (non-hydrogen) atoms. The number of rotatable bonds is 4. The number of benzene rings is 1. The average Bonchev–Trinajstić information content (AvgIpc) is 2.93. The van der Waals surface area contributed by atoms with E-state index in [0.717, 1.165) is 25.7 Å². The first-order chi connectivity index (χ1) is 12.9. The Morgan fingerprint density at radius 1 is 1.11 bits per heavy atom. The molecule has 1 aromatic heterocycles. The number of sulfonamides is 1. The number of nitrogen functional groups attached to an aromatic ring is 1. The number of amides is 1. The number of anilines is 2. The lowest BCUT2D eigenvalue weighted by Crippen LogP contribution is -2.32. The van der Waals surface area contributed by atoms with Gasteiger partial charge in [-0.1, -0.05) is 18.9 Å². The number of nitrogens with two attached hydrogens (primary N) is 1. The highest BCUT2D eigenvalue weighted by atomic mass is 32.2. The second kappa shape index (κ2) is 8.01. The topological polar surface area (TPSA) is 118 Å². The number of carbonyl (C=O) groups is 1. The van der Waals surface area contributed by atoms with Gasteiger partial charge < -0.3 is 11.1 Å². The summed E-state index contributed by atoms with van der Waals surface area (Å²) in [6.07, 6.45) is 6.57. The van der Waals surface area contributed by atoms with Crippen molar-refractivity contribution < 1.29 is 13.2 Å². The quantitative estimate of drug-likeness (QED) is 0.827. The van der Waals surface area contributed by atoms with Crippen LogP contribution in [0.25, 0.3) is 0 Å². The normalized spacial score (nSPS) is 15.9. The zero-order valence-corrected chi connectivity index (χ0v) is 16.0. The molecule has 1 amide bonds. The summed E-state index contributed by atoms with van der Waals surface area (Å²) >= 11 is 0. The van der Waals surface area contributed by atoms with E-state index in [2.05, 4.69) is 15.3 Å². The first kappa shape index (κ1) is 19.2. The summed E-state index contributed by atoms with van der Waals surface area (Å²) in [5.74, 6) is -0.526. The smallest absolute Gasteiger partial charge is 0.278 e. The molecule has 0 atom stereocenters. The van der Waals surface area contributed by atoms with Gasteiger partial charge in [0.05, 0.1) is 4.90 Å². The van der Waals surface area contributed by atoms with Gasteiger partial charge in [-0.05, 0) is 37.5 Å². The van der Waals surface area contributed by atoms with Gasteiger partial charge in [-0.3, -0.25) is 4.79 Å². The number of hydrogen-bond acceptors (Lipinski definition) is 6. The molecule has 0 unspecified atom stereocenters. The van der Waals surface area contributed by atoms with Crippen molar-refractivity contribution in [1.82, 2.24) is 14.3 Å². The first-order valence-corrected chi connectivity index (χ1v) is 10.3. The Hall–Kier alpha value is -2.52. The highest BCUT2D eigenvalue weighted by Crippen LogP contribution is 2.26. The fourth-order valence-electron chi connectivity index (χ4n) is 3.09. The number of carbonyl (C=O) groups excluding carboxylic acids is 1. The Kier molecular flexibility index (Phi) is 5.71. The van der Waals surface area contributed by atoms with Gasteiger partial charge in [0.15, 0.2) is 11.5 Å². The molecule has 1 saturated heterocycles. The molecule has 8 nitrogen and oxygen atoms in total. The van der Waals surface area contributed by atoms with Crippen molar-refractivity contribution in [2.75, 3.05) is 24.1 Å². The van der Waals surface area contributed by atoms with Crippen LogP contribution in [0.3, 0.4) is 0 Å². The Morgan fingerprint density at radius 2 is 1.78 bits per heavy atom. The van der Waals surface area contributed by atoms with Crippen LogP contribution in [-0.2, 0) is 10.0 Å². The third kappa shape index (κ3) is 4.25.